The van der Waals surface area contributed by atoms with Crippen molar-refractivity contribution in [2.75, 3.05) is 36.6 Å². The first-order chi connectivity index (χ1) is 13.2. The number of rotatable bonds is 7. The Morgan fingerprint density at radius 2 is 1.75 bits per heavy atom. The van der Waals surface area contributed by atoms with Crippen molar-refractivity contribution in [3.05, 3.63) is 53.1 Å². The van der Waals surface area contributed by atoms with Crippen molar-refractivity contribution in [3.63, 3.8) is 0 Å². The summed E-state index contributed by atoms with van der Waals surface area (Å²) >= 11 is 6.06. The number of esters is 1. The molecular weight excluding hydrogens is 408 g/mol. The minimum absolute atomic E-state index is 0.215. The van der Waals surface area contributed by atoms with Crippen molar-refractivity contribution in [2.24, 2.45) is 0 Å². The van der Waals surface area contributed by atoms with Crippen LogP contribution in [-0.4, -0.2) is 47.3 Å². The Morgan fingerprint density at radius 3 is 2.25 bits per heavy atom. The third-order valence-electron chi connectivity index (χ3n) is 3.70. The molecule has 0 aliphatic heterocycles. The maximum absolute atomic E-state index is 12.4. The third kappa shape index (κ3) is 5.37. The van der Waals surface area contributed by atoms with Crippen molar-refractivity contribution in [3.8, 4) is 5.75 Å². The molecule has 0 atom stereocenters. The molecule has 0 aliphatic carbocycles. The van der Waals surface area contributed by atoms with Gasteiger partial charge in [0.2, 0.25) is 15.9 Å². The molecule has 0 aromatic heterocycles. The highest BCUT2D eigenvalue weighted by Crippen LogP contribution is 2.30. The smallest absolute Gasteiger partial charge is 0.337 e. The van der Waals surface area contributed by atoms with Crippen LogP contribution in [0.5, 0.6) is 5.75 Å². The molecule has 0 saturated carbocycles. The minimum atomic E-state index is -3.75. The standard InChI is InChI=1S/C18H19ClN2O6S/c1-26-16-9-8-14(10-15(16)19)21(28(3,24)25)11-17(22)20-13-6-4-12(5-7-13)18(23)27-2/h4-10H,11H2,1-3H3,(H,20,22). The minimum Gasteiger partial charge on any atom is -0.495 e. The Bertz CT molecular complexity index is 976. The summed E-state index contributed by atoms with van der Waals surface area (Å²) in [6.45, 7) is -0.458. The summed E-state index contributed by atoms with van der Waals surface area (Å²) in [6, 6.07) is 10.4. The highest BCUT2D eigenvalue weighted by atomic mass is 35.5. The van der Waals surface area contributed by atoms with Gasteiger partial charge in [-0.2, -0.15) is 0 Å². The van der Waals surface area contributed by atoms with Gasteiger partial charge in [-0.05, 0) is 42.5 Å². The highest BCUT2D eigenvalue weighted by molar-refractivity contribution is 7.92. The number of sulfonamides is 1. The van der Waals surface area contributed by atoms with Gasteiger partial charge < -0.3 is 14.8 Å². The van der Waals surface area contributed by atoms with Crippen molar-refractivity contribution in [2.45, 2.75) is 0 Å². The van der Waals surface area contributed by atoms with Gasteiger partial charge in [0, 0.05) is 5.69 Å². The average molecular weight is 427 g/mol. The zero-order valence-electron chi connectivity index (χ0n) is 15.4. The van der Waals surface area contributed by atoms with E-state index in [1.807, 2.05) is 0 Å². The number of ether oxygens (including phenoxy) is 2. The molecule has 0 saturated heterocycles. The predicted octanol–water partition coefficient (Wildman–Crippen LogP) is 2.54. The van der Waals surface area contributed by atoms with E-state index in [4.69, 9.17) is 16.3 Å². The van der Waals surface area contributed by atoms with Crippen LogP contribution in [-0.2, 0) is 19.6 Å². The fourth-order valence-corrected chi connectivity index (χ4v) is 3.45. The molecule has 150 valence electrons. The van der Waals surface area contributed by atoms with E-state index in [0.717, 1.165) is 10.6 Å². The van der Waals surface area contributed by atoms with Crippen molar-refractivity contribution >= 4 is 44.9 Å². The summed E-state index contributed by atoms with van der Waals surface area (Å²) < 4.78 is 34.9. The first-order valence-corrected chi connectivity index (χ1v) is 10.2. The number of anilines is 2. The number of methoxy groups -OCH3 is 2. The van der Waals surface area contributed by atoms with Crippen LogP contribution in [0.25, 0.3) is 0 Å². The lowest BCUT2D eigenvalue weighted by molar-refractivity contribution is -0.114. The van der Waals surface area contributed by atoms with Gasteiger partial charge in [0.05, 0.1) is 36.7 Å². The number of hydrogen-bond donors (Lipinski definition) is 1. The maximum atomic E-state index is 12.4. The van der Waals surface area contributed by atoms with Crippen LogP contribution in [0.3, 0.4) is 0 Å². The number of amides is 1. The van der Waals surface area contributed by atoms with Gasteiger partial charge in [-0.3, -0.25) is 9.10 Å². The normalized spacial score (nSPS) is 10.9. The molecule has 2 aromatic rings. The third-order valence-corrected chi connectivity index (χ3v) is 5.14. The van der Waals surface area contributed by atoms with E-state index in [1.165, 1.54) is 56.7 Å². The number of benzene rings is 2. The van der Waals surface area contributed by atoms with Gasteiger partial charge >= 0.3 is 5.97 Å². The van der Waals surface area contributed by atoms with E-state index in [0.29, 0.717) is 17.0 Å². The fraction of sp³-hybridized carbons (Fsp3) is 0.222. The Hall–Kier alpha value is -2.78. The molecule has 8 nitrogen and oxygen atoms in total. The summed E-state index contributed by atoms with van der Waals surface area (Å²) in [5.41, 5.74) is 0.953. The number of nitrogens with one attached hydrogen (secondary N) is 1. The number of nitrogens with zero attached hydrogens (tertiary/aromatic N) is 1. The zero-order valence-corrected chi connectivity index (χ0v) is 17.0. The number of hydrogen-bond acceptors (Lipinski definition) is 6. The molecule has 0 fully saturated rings. The Labute approximate surface area is 168 Å². The molecule has 0 unspecified atom stereocenters. The SMILES string of the molecule is COC(=O)c1ccc(NC(=O)CN(c2ccc(OC)c(Cl)c2)S(C)(=O)=O)cc1. The fourth-order valence-electron chi connectivity index (χ4n) is 2.35. The first-order valence-electron chi connectivity index (χ1n) is 7.95. The van der Waals surface area contributed by atoms with Gasteiger partial charge in [-0.25, -0.2) is 13.2 Å². The van der Waals surface area contributed by atoms with Crippen molar-refractivity contribution < 1.29 is 27.5 Å². The Kier molecular flexibility index (Phi) is 6.87. The van der Waals surface area contributed by atoms with Crippen LogP contribution < -0.4 is 14.4 Å². The molecule has 0 spiro atoms. The quantitative estimate of drug-likeness (QED) is 0.682. The lowest BCUT2D eigenvalue weighted by Gasteiger charge is -2.22. The second-order valence-electron chi connectivity index (χ2n) is 5.71. The molecule has 0 bridgehead atoms. The summed E-state index contributed by atoms with van der Waals surface area (Å²) in [7, 11) is -1.05. The van der Waals surface area contributed by atoms with Gasteiger partial charge in [-0.1, -0.05) is 11.6 Å². The summed E-state index contributed by atoms with van der Waals surface area (Å²) in [5.74, 6) is -0.685. The lowest BCUT2D eigenvalue weighted by atomic mass is 10.2. The van der Waals surface area contributed by atoms with E-state index >= 15 is 0 Å². The van der Waals surface area contributed by atoms with Crippen LogP contribution in [0, 0.1) is 0 Å². The molecule has 2 aromatic carbocycles. The van der Waals surface area contributed by atoms with Gasteiger partial charge in [0.25, 0.3) is 0 Å². The number of carbonyl (C=O) groups is 2. The van der Waals surface area contributed by atoms with Gasteiger partial charge in [-0.15, -0.1) is 0 Å². The number of carbonyl (C=O) groups excluding carboxylic acids is 2. The van der Waals surface area contributed by atoms with Crippen LogP contribution >= 0.6 is 11.6 Å². The zero-order chi connectivity index (χ0) is 20.9. The molecule has 0 heterocycles. The molecule has 28 heavy (non-hydrogen) atoms. The first kappa shape index (κ1) is 21.5. The largest absolute Gasteiger partial charge is 0.495 e. The number of halogens is 1. The van der Waals surface area contributed by atoms with E-state index in [2.05, 4.69) is 10.1 Å². The molecule has 1 amide bonds. The Balaban J connectivity index is 2.18. The topological polar surface area (TPSA) is 102 Å². The van der Waals surface area contributed by atoms with Crippen LogP contribution in [0.4, 0.5) is 11.4 Å². The molecular formula is C18H19ClN2O6S. The molecule has 10 heteroatoms. The van der Waals surface area contributed by atoms with Crippen molar-refractivity contribution in [1.29, 1.82) is 0 Å². The molecule has 0 aliphatic rings. The molecule has 2 rings (SSSR count). The van der Waals surface area contributed by atoms with Crippen LogP contribution in [0.2, 0.25) is 5.02 Å². The lowest BCUT2D eigenvalue weighted by Crippen LogP contribution is -2.37. The van der Waals surface area contributed by atoms with E-state index in [-0.39, 0.29) is 10.7 Å². The van der Waals surface area contributed by atoms with E-state index in [1.54, 1.807) is 0 Å². The summed E-state index contributed by atoms with van der Waals surface area (Å²) in [4.78, 5) is 23.8. The summed E-state index contributed by atoms with van der Waals surface area (Å²) in [6.07, 6.45) is 0.990. The monoisotopic (exact) mass is 426 g/mol. The molecule has 0 radical (unpaired) electrons. The van der Waals surface area contributed by atoms with E-state index in [9.17, 15) is 18.0 Å². The predicted molar refractivity (Wildman–Crippen MR) is 107 cm³/mol. The second kappa shape index (κ2) is 8.94. The van der Waals surface area contributed by atoms with Crippen LogP contribution in [0.15, 0.2) is 42.5 Å². The second-order valence-corrected chi connectivity index (χ2v) is 8.02. The Morgan fingerprint density at radius 1 is 1.11 bits per heavy atom. The van der Waals surface area contributed by atoms with E-state index < -0.39 is 28.4 Å². The van der Waals surface area contributed by atoms with Crippen LogP contribution in [0.1, 0.15) is 10.4 Å². The van der Waals surface area contributed by atoms with Gasteiger partial charge in [0.1, 0.15) is 12.3 Å². The van der Waals surface area contributed by atoms with Gasteiger partial charge in [0.15, 0.2) is 0 Å². The summed E-state index contributed by atoms with van der Waals surface area (Å²) in [5, 5.41) is 2.80. The average Bonchev–Trinajstić information content (AvgIpc) is 2.65. The van der Waals surface area contributed by atoms with Crippen molar-refractivity contribution in [1.82, 2.24) is 0 Å². The maximum Gasteiger partial charge on any atom is 0.337 e. The molecule has 1 N–H and O–H groups in total. The highest BCUT2D eigenvalue weighted by Gasteiger charge is 2.22.